The highest BCUT2D eigenvalue weighted by molar-refractivity contribution is 5.91. The minimum absolute atomic E-state index is 0.329. The van der Waals surface area contributed by atoms with E-state index in [1.165, 1.54) is 23.2 Å². The highest BCUT2D eigenvalue weighted by atomic mass is 16.3. The molecule has 0 amide bonds. The maximum Gasteiger partial charge on any atom is 0.418 e. The van der Waals surface area contributed by atoms with Crippen LogP contribution >= 0.6 is 0 Å². The number of hydrogen-bond donors (Lipinski definition) is 1. The monoisotopic (exact) mass is 384 g/mol. The summed E-state index contributed by atoms with van der Waals surface area (Å²) < 4.78 is 3.23. The average molecular weight is 384 g/mol. The minimum atomic E-state index is -0.498. The number of pyridine rings is 2. The second-order valence-corrected chi connectivity index (χ2v) is 6.00. The van der Waals surface area contributed by atoms with Gasteiger partial charge in [-0.25, -0.2) is 13.9 Å². The largest absolute Gasteiger partial charge is 0.857 e. The lowest BCUT2D eigenvalue weighted by Crippen LogP contribution is -2.31. The predicted molar refractivity (Wildman–Crippen MR) is 106 cm³/mol. The maximum atomic E-state index is 12.7. The summed E-state index contributed by atoms with van der Waals surface area (Å²) in [6.07, 6.45) is 8.01. The summed E-state index contributed by atoms with van der Waals surface area (Å²) in [5, 5.41) is 19.8. The Morgan fingerprint density at radius 1 is 1.03 bits per heavy atom. The van der Waals surface area contributed by atoms with Gasteiger partial charge in [-0.3, -0.25) is 4.98 Å². The predicted octanol–water partition coefficient (Wildman–Crippen LogP) is 0.978. The second-order valence-electron chi connectivity index (χ2n) is 6.00. The highest BCUT2D eigenvalue weighted by Crippen LogP contribution is 2.10. The Kier molecular flexibility index (Phi) is 5.06. The number of H-pyrrole nitrogens is 1. The lowest BCUT2D eigenvalue weighted by atomic mass is 10.3. The van der Waals surface area contributed by atoms with Crippen molar-refractivity contribution in [2.75, 3.05) is 0 Å². The number of aromatic amines is 1. The van der Waals surface area contributed by atoms with Crippen LogP contribution in [0.2, 0.25) is 0 Å². The van der Waals surface area contributed by atoms with E-state index in [1.54, 1.807) is 29.1 Å². The smallest absolute Gasteiger partial charge is 0.418 e. The third-order valence-corrected chi connectivity index (χ3v) is 4.16. The van der Waals surface area contributed by atoms with Crippen LogP contribution in [0.4, 0.5) is 0 Å². The Balaban J connectivity index is 1.81. The van der Waals surface area contributed by atoms with Crippen molar-refractivity contribution in [2.45, 2.75) is 0 Å². The molecule has 29 heavy (non-hydrogen) atoms. The van der Waals surface area contributed by atoms with Crippen LogP contribution in [0.3, 0.4) is 0 Å². The molecule has 3 aromatic heterocycles. The summed E-state index contributed by atoms with van der Waals surface area (Å²) in [5.41, 5.74) is 1.18. The normalized spacial score (nSPS) is 11.8. The van der Waals surface area contributed by atoms with E-state index < -0.39 is 5.90 Å². The number of imidazole rings is 1. The van der Waals surface area contributed by atoms with Gasteiger partial charge in [-0.05, 0) is 42.0 Å². The highest BCUT2D eigenvalue weighted by Gasteiger charge is 2.21. The van der Waals surface area contributed by atoms with E-state index >= 15 is 0 Å². The molecule has 8 nitrogen and oxygen atoms in total. The fourth-order valence-corrected chi connectivity index (χ4v) is 2.82. The Labute approximate surface area is 165 Å². The van der Waals surface area contributed by atoms with Crippen molar-refractivity contribution >= 4 is 12.1 Å². The molecule has 0 unspecified atom stereocenters. The molecule has 1 aromatic carbocycles. The van der Waals surface area contributed by atoms with Gasteiger partial charge in [0.1, 0.15) is 0 Å². The summed E-state index contributed by atoms with van der Waals surface area (Å²) in [5.74, 6) is 0.0106. The molecule has 4 rings (SSSR count). The number of nitrogens with one attached hydrogen (secondary N) is 1. The van der Waals surface area contributed by atoms with Crippen molar-refractivity contribution in [1.82, 2.24) is 14.5 Å². The first-order valence-corrected chi connectivity index (χ1v) is 8.79. The molecule has 8 heteroatoms. The molecule has 0 spiro atoms. The number of nitrogens with zero attached hydrogens (tertiary/aromatic N) is 5. The van der Waals surface area contributed by atoms with Gasteiger partial charge in [-0.1, -0.05) is 24.3 Å². The second kappa shape index (κ2) is 8.13. The number of aromatic nitrogens is 4. The molecular weight excluding hydrogens is 368 g/mol. The molecule has 0 aliphatic heterocycles. The Morgan fingerprint density at radius 3 is 2.45 bits per heavy atom. The van der Waals surface area contributed by atoms with Gasteiger partial charge >= 0.3 is 11.5 Å². The SMILES string of the molecule is O=c1[nH]c(-[n+]2ccccc2)c(/C=N/N=C([O-])c2ccncc2)n1-c1ccccc1. The summed E-state index contributed by atoms with van der Waals surface area (Å²) >= 11 is 0. The van der Waals surface area contributed by atoms with Gasteiger partial charge in [0.15, 0.2) is 5.69 Å². The van der Waals surface area contributed by atoms with E-state index in [0.29, 0.717) is 22.8 Å². The Hall–Kier alpha value is -4.33. The molecule has 1 N–H and O–H groups in total. The zero-order chi connectivity index (χ0) is 20.1. The topological polar surface area (TPSA) is 102 Å². The zero-order valence-corrected chi connectivity index (χ0v) is 15.2. The molecule has 3 heterocycles. The van der Waals surface area contributed by atoms with Crippen LogP contribution in [-0.4, -0.2) is 26.6 Å². The molecule has 4 aromatic rings. The summed E-state index contributed by atoms with van der Waals surface area (Å²) in [7, 11) is 0. The number of benzene rings is 1. The Bertz CT molecular complexity index is 1210. The first kappa shape index (κ1) is 18.1. The fourth-order valence-electron chi connectivity index (χ4n) is 2.82. The molecule has 0 aliphatic rings. The summed E-state index contributed by atoms with van der Waals surface area (Å²) in [4.78, 5) is 19.4. The molecule has 0 radical (unpaired) electrons. The molecule has 0 bridgehead atoms. The molecule has 0 atom stereocenters. The van der Waals surface area contributed by atoms with Gasteiger partial charge in [0.25, 0.3) is 0 Å². The van der Waals surface area contributed by atoms with Gasteiger partial charge in [-0.15, -0.1) is 0 Å². The Morgan fingerprint density at radius 2 is 1.72 bits per heavy atom. The van der Waals surface area contributed by atoms with E-state index in [-0.39, 0.29) is 5.69 Å². The van der Waals surface area contributed by atoms with Crippen molar-refractivity contribution in [2.24, 2.45) is 10.2 Å². The number of hydrogen-bond acceptors (Lipinski definition) is 5. The van der Waals surface area contributed by atoms with E-state index in [1.807, 2.05) is 48.5 Å². The van der Waals surface area contributed by atoms with Crippen LogP contribution in [0.1, 0.15) is 11.3 Å². The van der Waals surface area contributed by atoms with Gasteiger partial charge in [0.05, 0.1) is 24.3 Å². The molecule has 0 saturated heterocycles. The van der Waals surface area contributed by atoms with E-state index in [0.717, 1.165) is 0 Å². The van der Waals surface area contributed by atoms with Gasteiger partial charge in [0, 0.05) is 18.3 Å². The average Bonchev–Trinajstić information content (AvgIpc) is 3.11. The lowest BCUT2D eigenvalue weighted by Gasteiger charge is -2.07. The first-order valence-electron chi connectivity index (χ1n) is 8.79. The van der Waals surface area contributed by atoms with Gasteiger partial charge in [-0.2, -0.15) is 15.2 Å². The number of para-hydroxylation sites is 1. The molecule has 0 saturated carbocycles. The lowest BCUT2D eigenvalue weighted by molar-refractivity contribution is -0.599. The van der Waals surface area contributed by atoms with Crippen LogP contribution in [-0.2, 0) is 0 Å². The van der Waals surface area contributed by atoms with E-state index in [4.69, 9.17) is 0 Å². The van der Waals surface area contributed by atoms with E-state index in [2.05, 4.69) is 20.2 Å². The van der Waals surface area contributed by atoms with Crippen molar-refractivity contribution in [3.05, 3.63) is 107 Å². The first-order chi connectivity index (χ1) is 14.2. The number of rotatable bonds is 5. The maximum absolute atomic E-state index is 12.7. The molecule has 142 valence electrons. The summed E-state index contributed by atoms with van der Waals surface area (Å²) in [6, 6.07) is 17.8. The minimum Gasteiger partial charge on any atom is -0.857 e. The third-order valence-electron chi connectivity index (χ3n) is 4.16. The summed E-state index contributed by atoms with van der Waals surface area (Å²) in [6.45, 7) is 0. The van der Waals surface area contributed by atoms with Gasteiger partial charge < -0.3 is 5.11 Å². The van der Waals surface area contributed by atoms with Crippen LogP contribution in [0, 0.1) is 0 Å². The fraction of sp³-hybridized carbons (Fsp3) is 0. The molecular formula is C21H16N6O2. The zero-order valence-electron chi connectivity index (χ0n) is 15.2. The van der Waals surface area contributed by atoms with Gasteiger partial charge in [0.2, 0.25) is 0 Å². The van der Waals surface area contributed by atoms with Crippen molar-refractivity contribution in [1.29, 1.82) is 0 Å². The van der Waals surface area contributed by atoms with Crippen molar-refractivity contribution in [3.8, 4) is 11.5 Å². The third kappa shape index (κ3) is 3.86. The van der Waals surface area contributed by atoms with Crippen LogP contribution in [0.15, 0.2) is 100 Å². The standard InChI is InChI=1S/C21H16N6O2/c28-20(16-9-11-22-12-10-16)25-23-15-18-19(26-13-5-2-6-14-26)24-21(29)27(18)17-7-3-1-4-8-17/h1-15H,(H-,22,23,24,25,28,29). The molecule has 0 aliphatic carbocycles. The van der Waals surface area contributed by atoms with Crippen LogP contribution in [0.25, 0.3) is 11.5 Å². The molecule has 0 fully saturated rings. The van der Waals surface area contributed by atoms with Crippen molar-refractivity contribution in [3.63, 3.8) is 0 Å². The quantitative estimate of drug-likeness (QED) is 0.240. The van der Waals surface area contributed by atoms with Crippen LogP contribution in [0.5, 0.6) is 0 Å². The van der Waals surface area contributed by atoms with Crippen molar-refractivity contribution < 1.29 is 9.67 Å². The van der Waals surface area contributed by atoms with Crippen LogP contribution < -0.4 is 15.4 Å². The van der Waals surface area contributed by atoms with E-state index in [9.17, 15) is 9.90 Å².